The molecule has 1 aromatic heterocycles. The summed E-state index contributed by atoms with van der Waals surface area (Å²) in [4.78, 5) is 29.7. The standard InChI is InChI=1S/C21H20FN3O2/c1-12-6-9-19(26)25(12)16-5-3-4-15(11-16)23-21(27)20-13(2)17-10-14(22)7-8-18(17)24-20/h3-5,7-8,10-12,24H,6,9H2,1-2H3,(H,23,27). The first kappa shape index (κ1) is 17.3. The molecule has 2 heterocycles. The fourth-order valence-electron chi connectivity index (χ4n) is 3.68. The number of benzene rings is 2. The number of carbonyl (C=O) groups is 2. The summed E-state index contributed by atoms with van der Waals surface area (Å²) in [5, 5.41) is 3.55. The lowest BCUT2D eigenvalue weighted by atomic mass is 10.1. The minimum absolute atomic E-state index is 0.0967. The van der Waals surface area contributed by atoms with Crippen LogP contribution in [0.25, 0.3) is 10.9 Å². The van der Waals surface area contributed by atoms with Crippen molar-refractivity contribution in [3.05, 3.63) is 59.5 Å². The molecule has 1 saturated heterocycles. The minimum atomic E-state index is -0.339. The third-order valence-electron chi connectivity index (χ3n) is 5.11. The Bertz CT molecular complexity index is 1060. The zero-order valence-electron chi connectivity index (χ0n) is 15.2. The van der Waals surface area contributed by atoms with Gasteiger partial charge in [-0.2, -0.15) is 0 Å². The van der Waals surface area contributed by atoms with E-state index in [1.54, 1.807) is 30.0 Å². The number of halogens is 1. The van der Waals surface area contributed by atoms with Crippen molar-refractivity contribution in [1.29, 1.82) is 0 Å². The summed E-state index contributed by atoms with van der Waals surface area (Å²) in [6.45, 7) is 3.80. The zero-order valence-corrected chi connectivity index (χ0v) is 15.2. The molecule has 27 heavy (non-hydrogen) atoms. The zero-order chi connectivity index (χ0) is 19.1. The van der Waals surface area contributed by atoms with Crippen LogP contribution in [0.2, 0.25) is 0 Å². The number of carbonyl (C=O) groups excluding carboxylic acids is 2. The van der Waals surface area contributed by atoms with Gasteiger partial charge >= 0.3 is 0 Å². The summed E-state index contributed by atoms with van der Waals surface area (Å²) >= 11 is 0. The average Bonchev–Trinajstić information content (AvgIpc) is 3.15. The highest BCUT2D eigenvalue weighted by Gasteiger charge is 2.28. The molecular formula is C21H20FN3O2. The predicted octanol–water partition coefficient (Wildman–Crippen LogP) is 4.38. The highest BCUT2D eigenvalue weighted by molar-refractivity contribution is 6.08. The molecule has 4 rings (SSSR count). The SMILES string of the molecule is Cc1c(C(=O)Nc2cccc(N3C(=O)CCC3C)c2)[nH]c2ccc(F)cc12. The maximum Gasteiger partial charge on any atom is 0.272 e. The van der Waals surface area contributed by atoms with E-state index in [1.165, 1.54) is 12.1 Å². The van der Waals surface area contributed by atoms with E-state index >= 15 is 0 Å². The molecule has 138 valence electrons. The largest absolute Gasteiger partial charge is 0.350 e. The molecule has 0 saturated carbocycles. The first-order valence-corrected chi connectivity index (χ1v) is 8.95. The molecule has 1 fully saturated rings. The van der Waals surface area contributed by atoms with Gasteiger partial charge < -0.3 is 15.2 Å². The second kappa shape index (κ2) is 6.54. The van der Waals surface area contributed by atoms with Crippen LogP contribution in [0.5, 0.6) is 0 Å². The van der Waals surface area contributed by atoms with Gasteiger partial charge in [-0.25, -0.2) is 4.39 Å². The van der Waals surface area contributed by atoms with E-state index in [9.17, 15) is 14.0 Å². The average molecular weight is 365 g/mol. The number of fused-ring (bicyclic) bond motifs is 1. The van der Waals surface area contributed by atoms with Gasteiger partial charge in [-0.3, -0.25) is 9.59 Å². The van der Waals surface area contributed by atoms with Crippen LogP contribution in [0, 0.1) is 12.7 Å². The Balaban J connectivity index is 1.61. The van der Waals surface area contributed by atoms with E-state index in [2.05, 4.69) is 10.3 Å². The third kappa shape index (κ3) is 3.07. The van der Waals surface area contributed by atoms with Crippen molar-refractivity contribution in [1.82, 2.24) is 4.98 Å². The van der Waals surface area contributed by atoms with Crippen LogP contribution in [-0.4, -0.2) is 22.8 Å². The summed E-state index contributed by atoms with van der Waals surface area (Å²) in [5.41, 5.74) is 3.18. The van der Waals surface area contributed by atoms with Crippen LogP contribution >= 0.6 is 0 Å². The third-order valence-corrected chi connectivity index (χ3v) is 5.11. The number of hydrogen-bond donors (Lipinski definition) is 2. The van der Waals surface area contributed by atoms with Crippen molar-refractivity contribution >= 4 is 34.1 Å². The van der Waals surface area contributed by atoms with E-state index in [0.29, 0.717) is 34.3 Å². The van der Waals surface area contributed by atoms with Gasteiger partial charge in [0, 0.05) is 34.7 Å². The van der Waals surface area contributed by atoms with Gasteiger partial charge in [-0.15, -0.1) is 0 Å². The first-order chi connectivity index (χ1) is 12.9. The number of aromatic nitrogens is 1. The molecule has 0 spiro atoms. The van der Waals surface area contributed by atoms with E-state index in [0.717, 1.165) is 12.1 Å². The quantitative estimate of drug-likeness (QED) is 0.723. The Morgan fingerprint density at radius 2 is 2.07 bits per heavy atom. The lowest BCUT2D eigenvalue weighted by Gasteiger charge is -2.22. The van der Waals surface area contributed by atoms with E-state index < -0.39 is 0 Å². The number of nitrogens with one attached hydrogen (secondary N) is 2. The van der Waals surface area contributed by atoms with Crippen molar-refractivity contribution in [2.45, 2.75) is 32.7 Å². The van der Waals surface area contributed by atoms with Gasteiger partial charge in [-0.05, 0) is 62.2 Å². The Labute approximate surface area is 156 Å². The van der Waals surface area contributed by atoms with Crippen LogP contribution in [0.15, 0.2) is 42.5 Å². The van der Waals surface area contributed by atoms with Crippen LogP contribution in [0.3, 0.4) is 0 Å². The van der Waals surface area contributed by atoms with Gasteiger partial charge in [0.25, 0.3) is 5.91 Å². The number of hydrogen-bond acceptors (Lipinski definition) is 2. The molecule has 1 unspecified atom stereocenters. The molecule has 1 aliphatic rings. The van der Waals surface area contributed by atoms with Gasteiger partial charge in [0.1, 0.15) is 11.5 Å². The monoisotopic (exact) mass is 365 g/mol. The minimum Gasteiger partial charge on any atom is -0.350 e. The molecule has 2 aromatic carbocycles. The van der Waals surface area contributed by atoms with E-state index in [-0.39, 0.29) is 23.7 Å². The lowest BCUT2D eigenvalue weighted by molar-refractivity contribution is -0.117. The molecule has 1 atom stereocenters. The lowest BCUT2D eigenvalue weighted by Crippen LogP contribution is -2.30. The maximum atomic E-state index is 13.5. The second-order valence-electron chi connectivity index (χ2n) is 6.97. The normalized spacial score (nSPS) is 16.9. The number of aromatic amines is 1. The Hall–Kier alpha value is -3.15. The first-order valence-electron chi connectivity index (χ1n) is 8.95. The Morgan fingerprint density at radius 3 is 2.81 bits per heavy atom. The Morgan fingerprint density at radius 1 is 1.26 bits per heavy atom. The fraction of sp³-hybridized carbons (Fsp3) is 0.238. The number of anilines is 2. The van der Waals surface area contributed by atoms with E-state index in [4.69, 9.17) is 0 Å². The molecule has 1 aliphatic heterocycles. The number of H-pyrrole nitrogens is 1. The molecule has 2 amide bonds. The molecule has 3 aromatic rings. The summed E-state index contributed by atoms with van der Waals surface area (Å²) < 4.78 is 13.5. The summed E-state index contributed by atoms with van der Waals surface area (Å²) in [7, 11) is 0. The van der Waals surface area contributed by atoms with Crippen LogP contribution in [0.1, 0.15) is 35.8 Å². The molecule has 0 radical (unpaired) electrons. The predicted molar refractivity (Wildman–Crippen MR) is 104 cm³/mol. The smallest absolute Gasteiger partial charge is 0.272 e. The molecule has 0 aliphatic carbocycles. The number of nitrogens with zero attached hydrogens (tertiary/aromatic N) is 1. The van der Waals surface area contributed by atoms with Gasteiger partial charge in [0.2, 0.25) is 5.91 Å². The van der Waals surface area contributed by atoms with Crippen molar-refractivity contribution in [2.24, 2.45) is 0 Å². The highest BCUT2D eigenvalue weighted by Crippen LogP contribution is 2.29. The molecule has 5 nitrogen and oxygen atoms in total. The summed E-state index contributed by atoms with van der Waals surface area (Å²) in [6, 6.07) is 11.8. The molecule has 2 N–H and O–H groups in total. The number of aryl methyl sites for hydroxylation is 1. The van der Waals surface area contributed by atoms with Crippen LogP contribution in [0.4, 0.5) is 15.8 Å². The molecule has 6 heteroatoms. The summed E-state index contributed by atoms with van der Waals surface area (Å²) in [5.74, 6) is -0.546. The highest BCUT2D eigenvalue weighted by atomic mass is 19.1. The van der Waals surface area contributed by atoms with E-state index in [1.807, 2.05) is 19.1 Å². The van der Waals surface area contributed by atoms with Gasteiger partial charge in [0.05, 0.1) is 0 Å². The van der Waals surface area contributed by atoms with Gasteiger partial charge in [0.15, 0.2) is 0 Å². The van der Waals surface area contributed by atoms with Crippen molar-refractivity contribution in [3.8, 4) is 0 Å². The Kier molecular flexibility index (Phi) is 4.18. The molecular weight excluding hydrogens is 345 g/mol. The van der Waals surface area contributed by atoms with Crippen molar-refractivity contribution in [3.63, 3.8) is 0 Å². The fourth-order valence-corrected chi connectivity index (χ4v) is 3.68. The molecule has 0 bridgehead atoms. The van der Waals surface area contributed by atoms with Gasteiger partial charge in [-0.1, -0.05) is 6.07 Å². The topological polar surface area (TPSA) is 65.2 Å². The van der Waals surface area contributed by atoms with Crippen LogP contribution in [-0.2, 0) is 4.79 Å². The van der Waals surface area contributed by atoms with Crippen molar-refractivity contribution in [2.75, 3.05) is 10.2 Å². The maximum absolute atomic E-state index is 13.5. The van der Waals surface area contributed by atoms with Crippen LogP contribution < -0.4 is 10.2 Å². The summed E-state index contributed by atoms with van der Waals surface area (Å²) in [6.07, 6.45) is 1.38. The second-order valence-corrected chi connectivity index (χ2v) is 6.97. The number of amides is 2. The van der Waals surface area contributed by atoms with Crippen molar-refractivity contribution < 1.29 is 14.0 Å². The number of rotatable bonds is 3.